The number of hydrogen-bond donors (Lipinski definition) is 1. The van der Waals surface area contributed by atoms with Crippen LogP contribution < -0.4 is 5.32 Å². The van der Waals surface area contributed by atoms with Crippen molar-refractivity contribution >= 4 is 0 Å². The van der Waals surface area contributed by atoms with Crippen molar-refractivity contribution in [3.05, 3.63) is 52.8 Å². The maximum absolute atomic E-state index is 4.64. The summed E-state index contributed by atoms with van der Waals surface area (Å²) in [7, 11) is 2.03. The fourth-order valence-electron chi connectivity index (χ4n) is 3.53. The first-order chi connectivity index (χ1) is 10.2. The summed E-state index contributed by atoms with van der Waals surface area (Å²) in [6.07, 6.45) is 4.44. The minimum Gasteiger partial charge on any atom is -0.316 e. The molecular weight excluding hydrogens is 258 g/mol. The predicted molar refractivity (Wildman–Crippen MR) is 86.7 cm³/mol. The van der Waals surface area contributed by atoms with Crippen molar-refractivity contribution < 1.29 is 0 Å². The lowest BCUT2D eigenvalue weighted by atomic mass is 9.77. The summed E-state index contributed by atoms with van der Waals surface area (Å²) in [5.74, 6) is 1.13. The van der Waals surface area contributed by atoms with E-state index in [-0.39, 0.29) is 0 Å². The Kier molecular flexibility index (Phi) is 4.11. The summed E-state index contributed by atoms with van der Waals surface area (Å²) >= 11 is 0. The summed E-state index contributed by atoms with van der Waals surface area (Å²) in [5, 5.41) is 8.21. The topological polar surface area (TPSA) is 29.9 Å². The van der Waals surface area contributed by atoms with Gasteiger partial charge in [-0.3, -0.25) is 4.68 Å². The molecule has 1 N–H and O–H groups in total. The number of rotatable bonds is 3. The Morgan fingerprint density at radius 1 is 1.24 bits per heavy atom. The van der Waals surface area contributed by atoms with Gasteiger partial charge in [-0.05, 0) is 43.4 Å². The molecule has 21 heavy (non-hydrogen) atoms. The zero-order valence-electron chi connectivity index (χ0n) is 13.3. The van der Waals surface area contributed by atoms with Gasteiger partial charge in [-0.15, -0.1) is 0 Å². The minimum absolute atomic E-state index is 0.550. The lowest BCUT2D eigenvalue weighted by molar-refractivity contribution is 0.402. The molecule has 1 aromatic carbocycles. The molecule has 1 fully saturated rings. The van der Waals surface area contributed by atoms with Crippen molar-refractivity contribution in [1.29, 1.82) is 0 Å². The molecular formula is C18H25N3. The van der Waals surface area contributed by atoms with Crippen LogP contribution in [0.2, 0.25) is 0 Å². The number of piperidine rings is 1. The van der Waals surface area contributed by atoms with Gasteiger partial charge in [-0.2, -0.15) is 5.10 Å². The molecule has 0 saturated carbocycles. The first-order valence-electron chi connectivity index (χ1n) is 7.98. The summed E-state index contributed by atoms with van der Waals surface area (Å²) in [4.78, 5) is 0. The number of aryl methyl sites for hydroxylation is 3. The van der Waals surface area contributed by atoms with E-state index in [1.54, 1.807) is 0 Å². The van der Waals surface area contributed by atoms with E-state index in [1.165, 1.54) is 28.8 Å². The van der Waals surface area contributed by atoms with Gasteiger partial charge in [-0.1, -0.05) is 36.8 Å². The third-order valence-electron chi connectivity index (χ3n) is 4.66. The number of aromatic nitrogens is 2. The predicted octanol–water partition coefficient (Wildman–Crippen LogP) is 3.15. The highest BCUT2D eigenvalue weighted by atomic mass is 15.3. The molecule has 0 spiro atoms. The third-order valence-corrected chi connectivity index (χ3v) is 4.66. The van der Waals surface area contributed by atoms with E-state index < -0.39 is 0 Å². The Labute approximate surface area is 127 Å². The molecule has 1 aromatic heterocycles. The quantitative estimate of drug-likeness (QED) is 0.938. The zero-order valence-corrected chi connectivity index (χ0v) is 13.3. The number of nitrogens with one attached hydrogen (secondary N) is 1. The van der Waals surface area contributed by atoms with Crippen LogP contribution in [0, 0.1) is 6.92 Å². The maximum atomic E-state index is 4.64. The summed E-state index contributed by atoms with van der Waals surface area (Å²) < 4.78 is 1.97. The number of benzene rings is 1. The highest BCUT2D eigenvalue weighted by Gasteiger charge is 2.30. The van der Waals surface area contributed by atoms with Crippen molar-refractivity contribution in [2.45, 2.75) is 38.5 Å². The fourth-order valence-corrected chi connectivity index (χ4v) is 3.53. The zero-order chi connectivity index (χ0) is 14.8. The first kappa shape index (κ1) is 14.3. The van der Waals surface area contributed by atoms with Crippen LogP contribution in [-0.4, -0.2) is 22.9 Å². The molecule has 0 radical (unpaired) electrons. The van der Waals surface area contributed by atoms with Crippen molar-refractivity contribution in [1.82, 2.24) is 15.1 Å². The normalized spacial score (nSPS) is 22.4. The van der Waals surface area contributed by atoms with Crippen molar-refractivity contribution in [2.24, 2.45) is 7.05 Å². The van der Waals surface area contributed by atoms with Crippen LogP contribution in [0.15, 0.2) is 30.5 Å². The van der Waals surface area contributed by atoms with E-state index in [2.05, 4.69) is 54.7 Å². The van der Waals surface area contributed by atoms with E-state index in [0.29, 0.717) is 11.8 Å². The molecule has 2 atom stereocenters. The standard InChI is InChI=1S/C18H25N3/c1-4-18-17(12-21(3)20-18)15-9-10-19-11-16(15)14-7-5-13(2)6-8-14/h5-8,12,15-16,19H,4,9-11H2,1-3H3. The van der Waals surface area contributed by atoms with Gasteiger partial charge in [0.2, 0.25) is 0 Å². The van der Waals surface area contributed by atoms with Crippen LogP contribution in [0.3, 0.4) is 0 Å². The molecule has 1 aliphatic rings. The molecule has 3 heteroatoms. The van der Waals surface area contributed by atoms with E-state index in [1.807, 2.05) is 11.7 Å². The van der Waals surface area contributed by atoms with Crippen LogP contribution in [0.5, 0.6) is 0 Å². The third kappa shape index (κ3) is 2.88. The molecule has 0 bridgehead atoms. The van der Waals surface area contributed by atoms with Gasteiger partial charge in [0.1, 0.15) is 0 Å². The average molecular weight is 283 g/mol. The Hall–Kier alpha value is -1.61. The summed E-state index contributed by atoms with van der Waals surface area (Å²) in [6, 6.07) is 9.04. The highest BCUT2D eigenvalue weighted by molar-refractivity contribution is 5.32. The fraction of sp³-hybridized carbons (Fsp3) is 0.500. The number of hydrogen-bond acceptors (Lipinski definition) is 2. The Morgan fingerprint density at radius 3 is 2.71 bits per heavy atom. The average Bonchev–Trinajstić information content (AvgIpc) is 2.89. The van der Waals surface area contributed by atoms with Gasteiger partial charge in [0.05, 0.1) is 5.69 Å². The Bertz CT molecular complexity index is 597. The lowest BCUT2D eigenvalue weighted by Gasteiger charge is -2.32. The van der Waals surface area contributed by atoms with Crippen LogP contribution >= 0.6 is 0 Å². The molecule has 0 aliphatic carbocycles. The van der Waals surface area contributed by atoms with Crippen LogP contribution in [0.1, 0.15) is 47.6 Å². The van der Waals surface area contributed by atoms with Gasteiger partial charge in [0, 0.05) is 25.7 Å². The molecule has 2 heterocycles. The van der Waals surface area contributed by atoms with E-state index in [4.69, 9.17) is 0 Å². The number of nitrogens with zero attached hydrogens (tertiary/aromatic N) is 2. The van der Waals surface area contributed by atoms with Crippen molar-refractivity contribution in [3.8, 4) is 0 Å². The summed E-state index contributed by atoms with van der Waals surface area (Å²) in [5.41, 5.74) is 5.49. The molecule has 3 nitrogen and oxygen atoms in total. The molecule has 0 amide bonds. The molecule has 1 saturated heterocycles. The second-order valence-electron chi connectivity index (χ2n) is 6.17. The Balaban J connectivity index is 1.96. The first-order valence-corrected chi connectivity index (χ1v) is 7.98. The summed E-state index contributed by atoms with van der Waals surface area (Å²) in [6.45, 7) is 6.52. The maximum Gasteiger partial charge on any atom is 0.0656 e. The Morgan fingerprint density at radius 2 is 2.00 bits per heavy atom. The van der Waals surface area contributed by atoms with Crippen LogP contribution in [0.25, 0.3) is 0 Å². The molecule has 1 aliphatic heterocycles. The second-order valence-corrected chi connectivity index (χ2v) is 6.17. The lowest BCUT2D eigenvalue weighted by Crippen LogP contribution is -2.34. The van der Waals surface area contributed by atoms with Gasteiger partial charge in [0.15, 0.2) is 0 Å². The molecule has 3 rings (SSSR count). The van der Waals surface area contributed by atoms with E-state index >= 15 is 0 Å². The minimum atomic E-state index is 0.550. The van der Waals surface area contributed by atoms with E-state index in [9.17, 15) is 0 Å². The van der Waals surface area contributed by atoms with Gasteiger partial charge in [-0.25, -0.2) is 0 Å². The van der Waals surface area contributed by atoms with Crippen LogP contribution in [0.4, 0.5) is 0 Å². The van der Waals surface area contributed by atoms with Crippen molar-refractivity contribution in [2.75, 3.05) is 13.1 Å². The van der Waals surface area contributed by atoms with Crippen molar-refractivity contribution in [3.63, 3.8) is 0 Å². The second kappa shape index (κ2) is 6.02. The SMILES string of the molecule is CCc1nn(C)cc1C1CCNCC1c1ccc(C)cc1. The van der Waals surface area contributed by atoms with Crippen LogP contribution in [-0.2, 0) is 13.5 Å². The monoisotopic (exact) mass is 283 g/mol. The highest BCUT2D eigenvalue weighted by Crippen LogP contribution is 2.38. The molecule has 2 aromatic rings. The molecule has 112 valence electrons. The van der Waals surface area contributed by atoms with Gasteiger partial charge >= 0.3 is 0 Å². The molecule has 2 unspecified atom stereocenters. The van der Waals surface area contributed by atoms with Gasteiger partial charge in [0.25, 0.3) is 0 Å². The smallest absolute Gasteiger partial charge is 0.0656 e. The van der Waals surface area contributed by atoms with E-state index in [0.717, 1.165) is 19.5 Å². The largest absolute Gasteiger partial charge is 0.316 e. The van der Waals surface area contributed by atoms with Gasteiger partial charge < -0.3 is 5.32 Å².